The van der Waals surface area contributed by atoms with Crippen molar-refractivity contribution in [1.29, 1.82) is 0 Å². The average molecular weight is 320 g/mol. The zero-order valence-electron chi connectivity index (χ0n) is 12.8. The summed E-state index contributed by atoms with van der Waals surface area (Å²) >= 11 is 1.71. The highest BCUT2D eigenvalue weighted by Gasteiger charge is 2.38. The van der Waals surface area contributed by atoms with Gasteiger partial charge in [-0.25, -0.2) is 9.78 Å². The maximum Gasteiger partial charge on any atom is 0.374 e. The number of hydrogen-bond donors (Lipinski definition) is 1. The molecule has 0 radical (unpaired) electrons. The summed E-state index contributed by atoms with van der Waals surface area (Å²) in [5.74, 6) is -0.161. The maximum atomic E-state index is 11.7. The van der Waals surface area contributed by atoms with Crippen LogP contribution < -0.4 is 5.32 Å². The molecule has 2 aromatic heterocycles. The molecule has 0 atom stereocenters. The second-order valence-electron chi connectivity index (χ2n) is 5.70. The van der Waals surface area contributed by atoms with E-state index >= 15 is 0 Å². The zero-order valence-corrected chi connectivity index (χ0v) is 13.7. The molecule has 22 heavy (non-hydrogen) atoms. The molecule has 0 amide bonds. The number of esters is 1. The molecular formula is C16H20N2O3S. The molecule has 1 aliphatic carbocycles. The van der Waals surface area contributed by atoms with Gasteiger partial charge in [0.1, 0.15) is 5.01 Å². The van der Waals surface area contributed by atoms with Gasteiger partial charge < -0.3 is 14.5 Å². The van der Waals surface area contributed by atoms with Crippen LogP contribution in [0.5, 0.6) is 0 Å². The fraction of sp³-hybridized carbons (Fsp3) is 0.500. The monoisotopic (exact) mass is 320 g/mol. The molecule has 0 aliphatic heterocycles. The Hall–Kier alpha value is -1.66. The predicted molar refractivity (Wildman–Crippen MR) is 83.9 cm³/mol. The lowest BCUT2D eigenvalue weighted by atomic mass is 9.98. The van der Waals surface area contributed by atoms with E-state index in [1.54, 1.807) is 11.3 Å². The Bertz CT molecular complexity index is 656. The number of ether oxygens (including phenoxy) is 1. The van der Waals surface area contributed by atoms with Crippen LogP contribution in [0, 0.1) is 6.92 Å². The van der Waals surface area contributed by atoms with Gasteiger partial charge in [-0.05, 0) is 25.8 Å². The summed E-state index contributed by atoms with van der Waals surface area (Å²) in [6.07, 6.45) is 6.07. The Balaban J connectivity index is 1.79. The highest BCUT2D eigenvalue weighted by atomic mass is 32.1. The molecule has 1 N–H and O–H groups in total. The summed E-state index contributed by atoms with van der Waals surface area (Å²) < 4.78 is 10.00. The van der Waals surface area contributed by atoms with Crippen molar-refractivity contribution in [2.45, 2.75) is 44.7 Å². The second-order valence-corrected chi connectivity index (χ2v) is 6.56. The summed E-state index contributed by atoms with van der Waals surface area (Å²) in [4.78, 5) is 16.4. The molecule has 0 aromatic carbocycles. The van der Waals surface area contributed by atoms with E-state index in [9.17, 15) is 4.79 Å². The van der Waals surface area contributed by atoms with Crippen molar-refractivity contribution in [2.24, 2.45) is 0 Å². The SMILES string of the molecule is COC(=O)c1occc1CNC1(c2nc(C)cs2)CCCC1. The first-order valence-electron chi connectivity index (χ1n) is 7.47. The predicted octanol–water partition coefficient (Wildman–Crippen LogP) is 3.39. The Labute approximate surface area is 133 Å². The number of aromatic nitrogens is 1. The van der Waals surface area contributed by atoms with Crippen LogP contribution in [0.3, 0.4) is 0 Å². The van der Waals surface area contributed by atoms with E-state index in [4.69, 9.17) is 9.15 Å². The molecular weight excluding hydrogens is 300 g/mol. The number of methoxy groups -OCH3 is 1. The van der Waals surface area contributed by atoms with Crippen LogP contribution in [0.2, 0.25) is 0 Å². The first kappa shape index (κ1) is 15.2. The third kappa shape index (κ3) is 2.80. The molecule has 1 fully saturated rings. The minimum absolute atomic E-state index is 0.0798. The van der Waals surface area contributed by atoms with E-state index in [2.05, 4.69) is 15.7 Å². The number of nitrogens with one attached hydrogen (secondary N) is 1. The van der Waals surface area contributed by atoms with Crippen molar-refractivity contribution in [2.75, 3.05) is 7.11 Å². The summed E-state index contributed by atoms with van der Waals surface area (Å²) in [6.45, 7) is 2.59. The maximum absolute atomic E-state index is 11.7. The van der Waals surface area contributed by atoms with Crippen molar-refractivity contribution in [3.8, 4) is 0 Å². The van der Waals surface area contributed by atoms with Crippen molar-refractivity contribution in [3.05, 3.63) is 39.7 Å². The van der Waals surface area contributed by atoms with E-state index in [0.717, 1.165) is 29.1 Å². The minimum atomic E-state index is -0.438. The number of thiazole rings is 1. The van der Waals surface area contributed by atoms with Gasteiger partial charge in [-0.3, -0.25) is 0 Å². The van der Waals surface area contributed by atoms with Gasteiger partial charge in [-0.15, -0.1) is 11.3 Å². The zero-order chi connectivity index (χ0) is 15.6. The highest BCUT2D eigenvalue weighted by Crippen LogP contribution is 2.40. The molecule has 2 heterocycles. The van der Waals surface area contributed by atoms with E-state index in [-0.39, 0.29) is 11.3 Å². The van der Waals surface area contributed by atoms with Crippen LogP contribution in [0.25, 0.3) is 0 Å². The Morgan fingerprint density at radius 1 is 1.50 bits per heavy atom. The number of rotatable bonds is 5. The van der Waals surface area contributed by atoms with Gasteiger partial charge in [0.05, 0.1) is 18.9 Å². The third-order valence-corrected chi connectivity index (χ3v) is 5.38. The lowest BCUT2D eigenvalue weighted by molar-refractivity contribution is 0.0563. The van der Waals surface area contributed by atoms with Crippen molar-refractivity contribution >= 4 is 17.3 Å². The largest absolute Gasteiger partial charge is 0.463 e. The molecule has 1 saturated carbocycles. The number of aryl methyl sites for hydroxylation is 1. The minimum Gasteiger partial charge on any atom is -0.463 e. The topological polar surface area (TPSA) is 64.4 Å². The molecule has 5 nitrogen and oxygen atoms in total. The summed E-state index contributed by atoms with van der Waals surface area (Å²) in [5.41, 5.74) is 1.81. The van der Waals surface area contributed by atoms with Gasteiger partial charge >= 0.3 is 5.97 Å². The Morgan fingerprint density at radius 2 is 2.27 bits per heavy atom. The van der Waals surface area contributed by atoms with E-state index in [1.807, 2.05) is 13.0 Å². The van der Waals surface area contributed by atoms with Gasteiger partial charge in [0.2, 0.25) is 5.76 Å². The quantitative estimate of drug-likeness (QED) is 0.856. The molecule has 0 saturated heterocycles. The third-order valence-electron chi connectivity index (χ3n) is 4.22. The van der Waals surface area contributed by atoms with Crippen LogP contribution in [0.15, 0.2) is 22.1 Å². The van der Waals surface area contributed by atoms with Crippen LogP contribution in [-0.2, 0) is 16.8 Å². The molecule has 1 aliphatic rings. The van der Waals surface area contributed by atoms with Crippen LogP contribution in [0.4, 0.5) is 0 Å². The molecule has 3 rings (SSSR count). The van der Waals surface area contributed by atoms with Gasteiger partial charge in [-0.1, -0.05) is 12.8 Å². The van der Waals surface area contributed by atoms with E-state index in [0.29, 0.717) is 6.54 Å². The van der Waals surface area contributed by atoms with Gasteiger partial charge in [-0.2, -0.15) is 0 Å². The standard InChI is InChI=1S/C16H20N2O3S/c1-11-10-22-15(18-11)16(6-3-4-7-16)17-9-12-5-8-21-13(12)14(19)20-2/h5,8,10,17H,3-4,6-7,9H2,1-2H3. The first-order chi connectivity index (χ1) is 10.6. The molecule has 118 valence electrons. The molecule has 2 aromatic rings. The molecule has 6 heteroatoms. The number of carbonyl (C=O) groups excluding carboxylic acids is 1. The van der Waals surface area contributed by atoms with Gasteiger partial charge in [0, 0.05) is 23.2 Å². The van der Waals surface area contributed by atoms with Crippen molar-refractivity contribution < 1.29 is 13.9 Å². The fourth-order valence-corrected chi connectivity index (χ4v) is 4.06. The summed E-state index contributed by atoms with van der Waals surface area (Å²) in [5, 5.41) is 6.86. The molecule has 0 bridgehead atoms. The number of hydrogen-bond acceptors (Lipinski definition) is 6. The Kier molecular flexibility index (Phi) is 4.31. The second kappa shape index (κ2) is 6.22. The number of carbonyl (C=O) groups is 1. The summed E-state index contributed by atoms with van der Waals surface area (Å²) in [6, 6.07) is 1.81. The number of furan rings is 1. The van der Waals surface area contributed by atoms with Crippen LogP contribution in [-0.4, -0.2) is 18.1 Å². The van der Waals surface area contributed by atoms with E-state index < -0.39 is 5.97 Å². The number of nitrogens with zero attached hydrogens (tertiary/aromatic N) is 1. The van der Waals surface area contributed by atoms with Crippen LogP contribution in [0.1, 0.15) is 52.5 Å². The Morgan fingerprint density at radius 3 is 2.91 bits per heavy atom. The smallest absolute Gasteiger partial charge is 0.374 e. The van der Waals surface area contributed by atoms with Gasteiger partial charge in [0.15, 0.2) is 0 Å². The molecule has 0 spiro atoms. The normalized spacial score (nSPS) is 16.8. The highest BCUT2D eigenvalue weighted by molar-refractivity contribution is 7.09. The van der Waals surface area contributed by atoms with E-state index in [1.165, 1.54) is 26.2 Å². The molecule has 0 unspecified atom stereocenters. The van der Waals surface area contributed by atoms with Gasteiger partial charge in [0.25, 0.3) is 0 Å². The van der Waals surface area contributed by atoms with Crippen molar-refractivity contribution in [3.63, 3.8) is 0 Å². The average Bonchev–Trinajstić information content (AvgIpc) is 3.24. The fourth-order valence-electron chi connectivity index (χ4n) is 3.03. The van der Waals surface area contributed by atoms with Crippen LogP contribution >= 0.6 is 11.3 Å². The summed E-state index contributed by atoms with van der Waals surface area (Å²) in [7, 11) is 1.36. The lowest BCUT2D eigenvalue weighted by Crippen LogP contribution is -2.39. The van der Waals surface area contributed by atoms with Crippen molar-refractivity contribution in [1.82, 2.24) is 10.3 Å². The first-order valence-corrected chi connectivity index (χ1v) is 8.35. The lowest BCUT2D eigenvalue weighted by Gasteiger charge is -2.28.